The third-order valence-electron chi connectivity index (χ3n) is 12.9. The second kappa shape index (κ2) is 19.5. The van der Waals surface area contributed by atoms with Gasteiger partial charge in [0.25, 0.3) is 0 Å². The van der Waals surface area contributed by atoms with E-state index in [1.165, 1.54) is 46.2 Å². The van der Waals surface area contributed by atoms with Crippen molar-refractivity contribution >= 4 is 45.7 Å². The van der Waals surface area contributed by atoms with Crippen molar-refractivity contribution < 1.29 is 36.7 Å². The van der Waals surface area contributed by atoms with Crippen LogP contribution in [0.3, 0.4) is 0 Å². The number of likely N-dealkylation sites (N-methyl/N-ethyl adjacent to an activating group) is 2. The summed E-state index contributed by atoms with van der Waals surface area (Å²) in [6, 6.07) is 3.62. The first-order chi connectivity index (χ1) is 29.5. The fraction of sp³-hybridized carbons (Fsp3) is 0.591. The molecule has 0 aliphatic carbocycles. The molecule has 2 aliphatic rings. The van der Waals surface area contributed by atoms with E-state index in [4.69, 9.17) is 9.97 Å². The van der Waals surface area contributed by atoms with Crippen LogP contribution in [0.1, 0.15) is 67.2 Å². The van der Waals surface area contributed by atoms with E-state index in [9.17, 15) is 28.0 Å². The van der Waals surface area contributed by atoms with E-state index in [0.717, 1.165) is 0 Å². The first kappa shape index (κ1) is 46.4. The van der Waals surface area contributed by atoms with E-state index in [1.807, 2.05) is 27.7 Å². The maximum Gasteiger partial charge on any atom is 0.245 e. The first-order valence-electron chi connectivity index (χ1n) is 21.7. The summed E-state index contributed by atoms with van der Waals surface area (Å²) < 4.78 is 64.2. The predicted molar refractivity (Wildman–Crippen MR) is 228 cm³/mol. The van der Waals surface area contributed by atoms with Crippen molar-refractivity contribution in [2.45, 2.75) is 129 Å². The fourth-order valence-corrected chi connectivity index (χ4v) is 8.49. The molecule has 2 aromatic heterocycles. The van der Waals surface area contributed by atoms with Crippen molar-refractivity contribution in [3.8, 4) is 11.6 Å². The molecule has 0 bridgehead atoms. The molecular formula is C44H60F4N10O4. The molecule has 0 saturated carbocycles. The number of hydrogen-bond acceptors (Lipinski definition) is 8. The van der Waals surface area contributed by atoms with Crippen LogP contribution in [0.2, 0.25) is 0 Å². The van der Waals surface area contributed by atoms with Crippen molar-refractivity contribution in [2.75, 3.05) is 27.2 Å². The minimum Gasteiger partial charge on any atom is -0.343 e. The minimum atomic E-state index is -1.37. The summed E-state index contributed by atoms with van der Waals surface area (Å²) in [5.74, 6) is -2.88. The number of nitrogens with one attached hydrogen (secondary N) is 4. The molecule has 0 spiro atoms. The van der Waals surface area contributed by atoms with Gasteiger partial charge >= 0.3 is 0 Å². The third-order valence-corrected chi connectivity index (χ3v) is 12.9. The van der Waals surface area contributed by atoms with Crippen molar-refractivity contribution in [1.29, 1.82) is 0 Å². The van der Waals surface area contributed by atoms with E-state index in [0.29, 0.717) is 23.9 Å². The number of imidazole rings is 2. The van der Waals surface area contributed by atoms with E-state index in [2.05, 4.69) is 21.3 Å². The molecule has 62 heavy (non-hydrogen) atoms. The average molecular weight is 869 g/mol. The molecule has 18 heteroatoms. The van der Waals surface area contributed by atoms with Crippen LogP contribution in [0.4, 0.5) is 17.6 Å². The molecular weight excluding hydrogens is 809 g/mol. The van der Waals surface area contributed by atoms with Crippen LogP contribution in [0, 0.1) is 23.5 Å². The number of aromatic nitrogens is 4. The molecule has 0 radical (unpaired) electrons. The summed E-state index contributed by atoms with van der Waals surface area (Å²) >= 11 is 0. The van der Waals surface area contributed by atoms with Gasteiger partial charge in [-0.2, -0.15) is 0 Å². The molecule has 4 heterocycles. The quantitative estimate of drug-likeness (QED) is 0.113. The standard InChI is InChI=1S/C44H60F4N10O4/c1-9-23(3)37(53-41(59)25(5)49-7)43(61)55-19-29(47)15-31(55)21-57-35-13-11-27(45)17-33(35)51-39(57)40-52-34-18-28(46)12-14-36(34)58(40)22-32-16-30(48)20-56(32)44(62)38(24(4)10-2)54-42(60)26(6)50-8/h11-14,17-18,23-26,29-32,37-38,49-50H,9-10,15-16,19-22H2,1-8H3,(H,53,59)(H,54,60)/t23-,24?,25-,26-,29?,30?,31+,32+,37-,38-/m1/s1. The molecule has 14 nitrogen and oxygen atoms in total. The van der Waals surface area contributed by atoms with Crippen LogP contribution in [0.15, 0.2) is 36.4 Å². The fourth-order valence-electron chi connectivity index (χ4n) is 8.49. The lowest BCUT2D eigenvalue weighted by atomic mass is 9.97. The number of nitrogens with zero attached hydrogens (tertiary/aromatic N) is 6. The molecule has 2 saturated heterocycles. The van der Waals surface area contributed by atoms with Crippen molar-refractivity contribution in [3.05, 3.63) is 48.0 Å². The number of carbonyl (C=O) groups excluding carboxylic acids is 4. The Bertz CT molecular complexity index is 2110. The van der Waals surface area contributed by atoms with Gasteiger partial charge in [0.1, 0.15) is 36.1 Å². The second-order valence-electron chi connectivity index (χ2n) is 17.1. The molecule has 2 aromatic carbocycles. The summed E-state index contributed by atoms with van der Waals surface area (Å²) in [5, 5.41) is 11.5. The van der Waals surface area contributed by atoms with Crippen LogP contribution in [-0.4, -0.2) is 128 Å². The monoisotopic (exact) mass is 868 g/mol. The number of halogens is 4. The lowest BCUT2D eigenvalue weighted by molar-refractivity contribution is -0.139. The van der Waals surface area contributed by atoms with E-state index >= 15 is 8.78 Å². The van der Waals surface area contributed by atoms with Gasteiger partial charge in [0.15, 0.2) is 11.6 Å². The Labute approximate surface area is 359 Å². The lowest BCUT2D eigenvalue weighted by Crippen LogP contribution is -2.56. The number of fused-ring (bicyclic) bond motifs is 2. The smallest absolute Gasteiger partial charge is 0.245 e. The highest BCUT2D eigenvalue weighted by molar-refractivity contribution is 5.91. The van der Waals surface area contributed by atoms with Crippen LogP contribution in [0.5, 0.6) is 0 Å². The van der Waals surface area contributed by atoms with Crippen molar-refractivity contribution in [3.63, 3.8) is 0 Å². The molecule has 6 rings (SSSR count). The Morgan fingerprint density at radius 2 is 1.03 bits per heavy atom. The molecule has 4 aromatic rings. The molecule has 2 fully saturated rings. The highest BCUT2D eigenvalue weighted by Gasteiger charge is 2.43. The van der Waals surface area contributed by atoms with Crippen LogP contribution < -0.4 is 21.3 Å². The summed E-state index contributed by atoms with van der Waals surface area (Å²) in [5.41, 5.74) is 1.40. The molecule has 4 N–H and O–H groups in total. The zero-order valence-electron chi connectivity index (χ0n) is 36.7. The summed E-state index contributed by atoms with van der Waals surface area (Å²) in [6.45, 7) is 10.4. The molecule has 338 valence electrons. The Balaban J connectivity index is 1.42. The zero-order chi connectivity index (χ0) is 45.2. The van der Waals surface area contributed by atoms with Gasteiger partial charge in [-0.1, -0.05) is 40.5 Å². The number of amides is 4. The van der Waals surface area contributed by atoms with E-state index in [-0.39, 0.29) is 85.4 Å². The molecule has 10 atom stereocenters. The van der Waals surface area contributed by atoms with E-state index < -0.39 is 72.0 Å². The second-order valence-corrected chi connectivity index (χ2v) is 17.1. The maximum atomic E-state index is 15.5. The normalized spacial score (nSPS) is 22.1. The van der Waals surface area contributed by atoms with Crippen LogP contribution in [-0.2, 0) is 32.3 Å². The highest BCUT2D eigenvalue weighted by Crippen LogP contribution is 2.34. The van der Waals surface area contributed by atoms with Crippen molar-refractivity contribution in [2.24, 2.45) is 11.8 Å². The number of hydrogen-bond donors (Lipinski definition) is 4. The van der Waals surface area contributed by atoms with Crippen LogP contribution in [0.25, 0.3) is 33.7 Å². The number of likely N-dealkylation sites (tertiary alicyclic amines) is 2. The molecule has 4 amide bonds. The topological polar surface area (TPSA) is 159 Å². The third kappa shape index (κ3) is 9.60. The number of carbonyl (C=O) groups is 4. The number of benzene rings is 2. The van der Waals surface area contributed by atoms with Crippen molar-refractivity contribution in [1.82, 2.24) is 50.2 Å². The van der Waals surface area contributed by atoms with Gasteiger partial charge < -0.3 is 40.2 Å². The minimum absolute atomic E-state index is 0.00278. The molecule has 3 unspecified atom stereocenters. The summed E-state index contributed by atoms with van der Waals surface area (Å²) in [7, 11) is 3.27. The highest BCUT2D eigenvalue weighted by atomic mass is 19.1. The van der Waals surface area contributed by atoms with Gasteiger partial charge in [-0.25, -0.2) is 27.5 Å². The summed E-state index contributed by atoms with van der Waals surface area (Å²) in [4.78, 5) is 67.4. The van der Waals surface area contributed by atoms with Gasteiger partial charge in [-0.05, 0) is 64.0 Å². The Morgan fingerprint density at radius 3 is 1.37 bits per heavy atom. The molecule has 2 aliphatic heterocycles. The summed E-state index contributed by atoms with van der Waals surface area (Å²) in [6.07, 6.45) is -1.67. The number of rotatable bonds is 17. The zero-order valence-corrected chi connectivity index (χ0v) is 36.7. The SMILES string of the molecule is CCC(C)[C@@H](NC(=O)[C@@H](C)NC)C(=O)N1CC(F)C[C@H]1Cn1c(-c2nc3cc(F)ccc3n2C[C@@H]2CC(F)CN2C(=O)[C@H](NC(=O)[C@@H](C)NC)[C@H](C)CC)nc2cc(F)ccc21. The Morgan fingerprint density at radius 1 is 0.661 bits per heavy atom. The average Bonchev–Trinajstić information content (AvgIpc) is 4.02. The van der Waals surface area contributed by atoms with Gasteiger partial charge in [-0.15, -0.1) is 0 Å². The van der Waals surface area contributed by atoms with Gasteiger partial charge in [0, 0.05) is 38.1 Å². The van der Waals surface area contributed by atoms with Gasteiger partial charge in [0.2, 0.25) is 23.6 Å². The maximum absolute atomic E-state index is 15.5. The number of alkyl halides is 2. The predicted octanol–water partition coefficient (Wildman–Crippen LogP) is 4.49. The first-order valence-corrected chi connectivity index (χ1v) is 21.7. The van der Waals surface area contributed by atoms with Gasteiger partial charge in [0.05, 0.1) is 59.3 Å². The van der Waals surface area contributed by atoms with E-state index in [1.54, 1.807) is 37.1 Å². The van der Waals surface area contributed by atoms with Crippen LogP contribution >= 0.6 is 0 Å². The Hall–Kier alpha value is -5.10. The van der Waals surface area contributed by atoms with Gasteiger partial charge in [-0.3, -0.25) is 19.2 Å². The Kier molecular flexibility index (Phi) is 14.6. The largest absolute Gasteiger partial charge is 0.343 e. The lowest BCUT2D eigenvalue weighted by Gasteiger charge is -2.33.